The van der Waals surface area contributed by atoms with Crippen LogP contribution in [0.15, 0.2) is 21.8 Å². The number of nitrogens with one attached hydrogen (secondary N) is 1. The number of methoxy groups -OCH3 is 1. The van der Waals surface area contributed by atoms with Crippen LogP contribution in [-0.2, 0) is 38.2 Å². The SMILES string of the molecule is COCC1=C(C(=O)OCOC(=O)C(C)(C)C)N2C(=O)C(NC(=O)/C(=N\OC)c3csc(N)n3)[C@H]2SC1. The van der Waals surface area contributed by atoms with Crippen LogP contribution in [0.25, 0.3) is 0 Å². The zero-order chi connectivity index (χ0) is 26.6. The van der Waals surface area contributed by atoms with Crippen LogP contribution < -0.4 is 11.1 Å². The van der Waals surface area contributed by atoms with Gasteiger partial charge in [0.15, 0.2) is 10.8 Å². The number of oxime groups is 1. The summed E-state index contributed by atoms with van der Waals surface area (Å²) in [4.78, 5) is 60.8. The lowest BCUT2D eigenvalue weighted by Gasteiger charge is -2.49. The van der Waals surface area contributed by atoms with Crippen LogP contribution >= 0.6 is 23.1 Å². The van der Waals surface area contributed by atoms with Gasteiger partial charge in [-0.25, -0.2) is 9.78 Å². The Balaban J connectivity index is 1.73. The van der Waals surface area contributed by atoms with Crippen LogP contribution in [0.3, 0.4) is 0 Å². The summed E-state index contributed by atoms with van der Waals surface area (Å²) in [6.07, 6.45) is 0. The second kappa shape index (κ2) is 11.3. The van der Waals surface area contributed by atoms with Crippen LogP contribution in [0.1, 0.15) is 26.5 Å². The lowest BCUT2D eigenvalue weighted by atomic mass is 9.98. The number of nitrogens with two attached hydrogens (primary N) is 1. The van der Waals surface area contributed by atoms with E-state index in [2.05, 4.69) is 15.5 Å². The average molecular weight is 542 g/mol. The highest BCUT2D eigenvalue weighted by Gasteiger charge is 2.54. The van der Waals surface area contributed by atoms with Crippen molar-refractivity contribution >= 4 is 57.7 Å². The third-order valence-electron chi connectivity index (χ3n) is 5.00. The smallest absolute Gasteiger partial charge is 0.358 e. The number of amides is 2. The van der Waals surface area contributed by atoms with Crippen molar-refractivity contribution in [2.45, 2.75) is 32.2 Å². The molecule has 0 aliphatic carbocycles. The van der Waals surface area contributed by atoms with Crippen LogP contribution in [0.5, 0.6) is 0 Å². The third-order valence-corrected chi connectivity index (χ3v) is 7.01. The molecule has 3 heterocycles. The molecule has 2 atom stereocenters. The highest BCUT2D eigenvalue weighted by atomic mass is 32.2. The molecule has 2 amide bonds. The van der Waals surface area contributed by atoms with Gasteiger partial charge in [-0.2, -0.15) is 0 Å². The Bertz CT molecular complexity index is 1110. The van der Waals surface area contributed by atoms with Crippen LogP contribution in [0.2, 0.25) is 0 Å². The summed E-state index contributed by atoms with van der Waals surface area (Å²) in [6.45, 7) is 4.48. The molecule has 3 rings (SSSR count). The Kier molecular flexibility index (Phi) is 8.58. The monoisotopic (exact) mass is 541 g/mol. The number of hydrogen-bond donors (Lipinski definition) is 2. The van der Waals surface area contributed by atoms with Gasteiger partial charge in [0.2, 0.25) is 6.79 Å². The quantitative estimate of drug-likeness (QED) is 0.146. The Hall–Kier alpha value is -3.17. The molecule has 1 aromatic rings. The first-order valence-corrected chi connectivity index (χ1v) is 12.6. The van der Waals surface area contributed by atoms with Crippen molar-refractivity contribution in [3.8, 4) is 0 Å². The van der Waals surface area contributed by atoms with Crippen molar-refractivity contribution in [3.63, 3.8) is 0 Å². The summed E-state index contributed by atoms with van der Waals surface area (Å²) >= 11 is 2.47. The molecule has 1 fully saturated rings. The number of anilines is 1. The standard InChI is InChI=1S/C21H27N5O8S2/c1-21(2,3)19(30)34-9-33-18(29)14-10(6-31-4)7-35-17-13(16(28)26(14)17)24-15(27)12(25-32-5)11-8-36-20(22)23-11/h8,13,17H,6-7,9H2,1-5H3,(H2,22,23)(H,24,27)/b25-12-/t13?,17-/m1/s1. The summed E-state index contributed by atoms with van der Waals surface area (Å²) in [7, 11) is 2.73. The number of rotatable bonds is 9. The number of thioether (sulfide) groups is 1. The number of nitrogens with zero attached hydrogens (tertiary/aromatic N) is 3. The zero-order valence-electron chi connectivity index (χ0n) is 20.4. The molecule has 2 aliphatic rings. The lowest BCUT2D eigenvalue weighted by Crippen LogP contribution is -2.71. The summed E-state index contributed by atoms with van der Waals surface area (Å²) < 4.78 is 15.3. The first kappa shape index (κ1) is 27.4. The van der Waals surface area contributed by atoms with Crippen molar-refractivity contribution in [3.05, 3.63) is 22.3 Å². The number of thiazole rings is 1. The molecule has 1 aromatic heterocycles. The number of carbonyl (C=O) groups excluding carboxylic acids is 4. The first-order valence-electron chi connectivity index (χ1n) is 10.6. The molecule has 36 heavy (non-hydrogen) atoms. The third kappa shape index (κ3) is 5.79. The molecule has 13 nitrogen and oxygen atoms in total. The predicted molar refractivity (Wildman–Crippen MR) is 131 cm³/mol. The van der Waals surface area contributed by atoms with E-state index in [1.165, 1.54) is 36.3 Å². The Morgan fingerprint density at radius 1 is 1.28 bits per heavy atom. The maximum Gasteiger partial charge on any atom is 0.358 e. The van der Waals surface area contributed by atoms with Gasteiger partial charge in [-0.05, 0) is 26.3 Å². The molecular weight excluding hydrogens is 514 g/mol. The van der Waals surface area contributed by atoms with Crippen molar-refractivity contribution in [2.75, 3.05) is 39.1 Å². The predicted octanol–water partition coefficient (Wildman–Crippen LogP) is 0.466. The Morgan fingerprint density at radius 3 is 2.58 bits per heavy atom. The van der Waals surface area contributed by atoms with E-state index in [1.807, 2.05) is 0 Å². The summed E-state index contributed by atoms with van der Waals surface area (Å²) in [5.41, 5.74) is 5.46. The largest absolute Gasteiger partial charge is 0.427 e. The topological polar surface area (TPSA) is 172 Å². The van der Waals surface area contributed by atoms with Gasteiger partial charge in [-0.3, -0.25) is 19.3 Å². The van der Waals surface area contributed by atoms with E-state index in [-0.39, 0.29) is 28.8 Å². The normalized spacial score (nSPS) is 19.9. The fourth-order valence-electron chi connectivity index (χ4n) is 3.28. The molecule has 0 spiro atoms. The van der Waals surface area contributed by atoms with Crippen molar-refractivity contribution in [1.82, 2.24) is 15.2 Å². The molecule has 196 valence electrons. The van der Waals surface area contributed by atoms with Gasteiger partial charge in [0.1, 0.15) is 29.9 Å². The molecule has 15 heteroatoms. The van der Waals surface area contributed by atoms with Crippen LogP contribution in [0.4, 0.5) is 5.13 Å². The van der Waals surface area contributed by atoms with E-state index >= 15 is 0 Å². The summed E-state index contributed by atoms with van der Waals surface area (Å²) in [5.74, 6) is -2.25. The van der Waals surface area contributed by atoms with E-state index in [9.17, 15) is 19.2 Å². The molecule has 2 aliphatic heterocycles. The summed E-state index contributed by atoms with van der Waals surface area (Å²) in [5, 5.41) is 7.54. The zero-order valence-corrected chi connectivity index (χ0v) is 22.0. The van der Waals surface area contributed by atoms with Gasteiger partial charge >= 0.3 is 11.9 Å². The molecule has 0 radical (unpaired) electrons. The first-order chi connectivity index (χ1) is 17.0. The van der Waals surface area contributed by atoms with E-state index in [0.717, 1.165) is 11.3 Å². The molecule has 1 saturated heterocycles. The fourth-order valence-corrected chi connectivity index (χ4v) is 5.16. The number of ether oxygens (including phenoxy) is 3. The van der Waals surface area contributed by atoms with E-state index < -0.39 is 47.4 Å². The van der Waals surface area contributed by atoms with Crippen molar-refractivity contribution in [1.29, 1.82) is 0 Å². The van der Waals surface area contributed by atoms with E-state index in [0.29, 0.717) is 11.3 Å². The maximum absolute atomic E-state index is 13.1. The minimum Gasteiger partial charge on any atom is -0.427 e. The Morgan fingerprint density at radius 2 is 2.00 bits per heavy atom. The average Bonchev–Trinajstić information content (AvgIpc) is 3.25. The highest BCUT2D eigenvalue weighted by Crippen LogP contribution is 2.40. The molecule has 0 aromatic carbocycles. The molecular formula is C21H27N5O8S2. The minimum atomic E-state index is -0.939. The van der Waals surface area contributed by atoms with Gasteiger partial charge in [0.05, 0.1) is 12.0 Å². The number of hydrogen-bond acceptors (Lipinski definition) is 13. The van der Waals surface area contributed by atoms with E-state index in [4.69, 9.17) is 24.8 Å². The lowest BCUT2D eigenvalue weighted by molar-refractivity contribution is -0.173. The van der Waals surface area contributed by atoms with E-state index in [1.54, 1.807) is 20.8 Å². The number of nitrogen functional groups attached to an aromatic ring is 1. The molecule has 0 bridgehead atoms. The van der Waals surface area contributed by atoms with Crippen molar-refractivity contribution in [2.24, 2.45) is 10.6 Å². The number of esters is 2. The second-order valence-corrected chi connectivity index (χ2v) is 10.7. The molecule has 0 saturated carbocycles. The highest BCUT2D eigenvalue weighted by molar-refractivity contribution is 8.00. The van der Waals surface area contributed by atoms with Gasteiger partial charge in [0, 0.05) is 18.2 Å². The Labute approximate surface area is 215 Å². The number of β-lactam (4-membered cyclic amide) rings is 1. The van der Waals surface area contributed by atoms with Gasteiger partial charge < -0.3 is 30.1 Å². The van der Waals surface area contributed by atoms with Gasteiger partial charge in [0.25, 0.3) is 11.8 Å². The van der Waals surface area contributed by atoms with Gasteiger partial charge in [-0.15, -0.1) is 23.1 Å². The molecule has 3 N–H and O–H groups in total. The minimum absolute atomic E-state index is 0.000892. The fraction of sp³-hybridized carbons (Fsp3) is 0.524. The van der Waals surface area contributed by atoms with Crippen molar-refractivity contribution < 1.29 is 38.2 Å². The van der Waals surface area contributed by atoms with Crippen LogP contribution in [-0.4, -0.2) is 84.1 Å². The van der Waals surface area contributed by atoms with Gasteiger partial charge in [-0.1, -0.05) is 5.16 Å². The second-order valence-electron chi connectivity index (χ2n) is 8.67. The van der Waals surface area contributed by atoms with Crippen LogP contribution in [0, 0.1) is 5.41 Å². The number of carbonyl (C=O) groups is 4. The maximum atomic E-state index is 13.1. The summed E-state index contributed by atoms with van der Waals surface area (Å²) in [6, 6.07) is -0.939. The number of aromatic nitrogens is 1. The number of fused-ring (bicyclic) bond motifs is 1. The molecule has 1 unspecified atom stereocenters.